The van der Waals surface area contributed by atoms with Crippen LogP contribution in [0.3, 0.4) is 0 Å². The van der Waals surface area contributed by atoms with Crippen molar-refractivity contribution in [1.82, 2.24) is 0 Å². The number of hydrogen-bond donors (Lipinski definition) is 1. The standard InChI is InChI=1S/C14H20O2/c1-4-11(2)14(15)12(3)16-10-13-8-6-5-7-9-13/h4-9,11-12,14-15H,1,10H2,2-3H3/t11-,12-,14-/m1/s1. The molecule has 0 aliphatic heterocycles. The number of rotatable bonds is 6. The first-order valence-electron chi connectivity index (χ1n) is 5.61. The summed E-state index contributed by atoms with van der Waals surface area (Å²) in [6.45, 7) is 8.01. The Morgan fingerprint density at radius 1 is 1.31 bits per heavy atom. The van der Waals surface area contributed by atoms with Gasteiger partial charge in [0.2, 0.25) is 0 Å². The van der Waals surface area contributed by atoms with Crippen LogP contribution in [0.4, 0.5) is 0 Å². The third-order valence-electron chi connectivity index (χ3n) is 2.75. The Morgan fingerprint density at radius 3 is 2.50 bits per heavy atom. The first-order chi connectivity index (χ1) is 7.65. The van der Waals surface area contributed by atoms with Gasteiger partial charge in [-0.05, 0) is 12.5 Å². The van der Waals surface area contributed by atoms with Gasteiger partial charge in [0, 0.05) is 5.92 Å². The maximum Gasteiger partial charge on any atom is 0.0858 e. The highest BCUT2D eigenvalue weighted by molar-refractivity contribution is 5.13. The fraction of sp³-hybridized carbons (Fsp3) is 0.429. The van der Waals surface area contributed by atoms with Crippen LogP contribution in [0, 0.1) is 5.92 Å². The molecule has 0 amide bonds. The number of aliphatic hydroxyl groups is 1. The van der Waals surface area contributed by atoms with E-state index in [1.807, 2.05) is 44.2 Å². The van der Waals surface area contributed by atoms with Crippen molar-refractivity contribution in [3.63, 3.8) is 0 Å². The minimum atomic E-state index is -0.499. The molecule has 2 heteroatoms. The van der Waals surface area contributed by atoms with E-state index >= 15 is 0 Å². The molecular formula is C14H20O2. The van der Waals surface area contributed by atoms with Crippen molar-refractivity contribution in [3.05, 3.63) is 48.6 Å². The van der Waals surface area contributed by atoms with Crippen molar-refractivity contribution in [1.29, 1.82) is 0 Å². The zero-order valence-corrected chi connectivity index (χ0v) is 9.97. The topological polar surface area (TPSA) is 29.5 Å². The quantitative estimate of drug-likeness (QED) is 0.747. The molecule has 0 radical (unpaired) electrons. The molecule has 0 fully saturated rings. The van der Waals surface area contributed by atoms with E-state index in [0.29, 0.717) is 6.61 Å². The molecule has 1 N–H and O–H groups in total. The van der Waals surface area contributed by atoms with Crippen LogP contribution in [0.5, 0.6) is 0 Å². The van der Waals surface area contributed by atoms with Gasteiger partial charge in [-0.25, -0.2) is 0 Å². The van der Waals surface area contributed by atoms with Gasteiger partial charge in [0.1, 0.15) is 0 Å². The molecule has 0 aliphatic rings. The highest BCUT2D eigenvalue weighted by atomic mass is 16.5. The molecule has 0 unspecified atom stereocenters. The normalized spacial score (nSPS) is 16.4. The van der Waals surface area contributed by atoms with Gasteiger partial charge in [-0.3, -0.25) is 0 Å². The first-order valence-corrected chi connectivity index (χ1v) is 5.61. The summed E-state index contributed by atoms with van der Waals surface area (Å²) in [5.41, 5.74) is 1.12. The lowest BCUT2D eigenvalue weighted by Gasteiger charge is -2.22. The number of ether oxygens (including phenoxy) is 1. The summed E-state index contributed by atoms with van der Waals surface area (Å²) in [6.07, 6.45) is 1.06. The molecule has 3 atom stereocenters. The van der Waals surface area contributed by atoms with Gasteiger partial charge in [0.25, 0.3) is 0 Å². The highest BCUT2D eigenvalue weighted by Crippen LogP contribution is 2.12. The lowest BCUT2D eigenvalue weighted by Crippen LogP contribution is -2.31. The van der Waals surface area contributed by atoms with E-state index in [1.54, 1.807) is 6.08 Å². The van der Waals surface area contributed by atoms with Crippen molar-refractivity contribution in [3.8, 4) is 0 Å². The van der Waals surface area contributed by atoms with Crippen LogP contribution in [-0.2, 0) is 11.3 Å². The minimum Gasteiger partial charge on any atom is -0.390 e. The van der Waals surface area contributed by atoms with E-state index in [2.05, 4.69) is 6.58 Å². The first kappa shape index (κ1) is 12.9. The van der Waals surface area contributed by atoms with E-state index in [9.17, 15) is 5.11 Å². The Kier molecular flexibility index (Phi) is 5.23. The number of hydrogen-bond acceptors (Lipinski definition) is 2. The minimum absolute atomic E-state index is 0.0470. The average Bonchev–Trinajstić information content (AvgIpc) is 2.35. The van der Waals surface area contributed by atoms with Crippen LogP contribution in [0.25, 0.3) is 0 Å². The second-order valence-electron chi connectivity index (χ2n) is 4.09. The monoisotopic (exact) mass is 220 g/mol. The molecule has 0 bridgehead atoms. The molecule has 0 saturated carbocycles. The Labute approximate surface area is 97.6 Å². The molecule has 2 nitrogen and oxygen atoms in total. The molecule has 0 aromatic heterocycles. The Morgan fingerprint density at radius 2 is 1.94 bits per heavy atom. The van der Waals surface area contributed by atoms with Gasteiger partial charge >= 0.3 is 0 Å². The molecule has 16 heavy (non-hydrogen) atoms. The van der Waals surface area contributed by atoms with Gasteiger partial charge in [-0.15, -0.1) is 6.58 Å². The van der Waals surface area contributed by atoms with Crippen LogP contribution in [-0.4, -0.2) is 17.3 Å². The zero-order valence-electron chi connectivity index (χ0n) is 9.97. The molecular weight excluding hydrogens is 200 g/mol. The summed E-state index contributed by atoms with van der Waals surface area (Å²) in [4.78, 5) is 0. The maximum atomic E-state index is 9.87. The molecule has 1 aromatic carbocycles. The van der Waals surface area contributed by atoms with Crippen LogP contribution in [0.1, 0.15) is 19.4 Å². The van der Waals surface area contributed by atoms with Gasteiger partial charge < -0.3 is 9.84 Å². The van der Waals surface area contributed by atoms with E-state index < -0.39 is 6.10 Å². The second kappa shape index (κ2) is 6.46. The molecule has 1 aromatic rings. The Hall–Kier alpha value is -1.12. The van der Waals surface area contributed by atoms with Crippen LogP contribution in [0.2, 0.25) is 0 Å². The van der Waals surface area contributed by atoms with Gasteiger partial charge in [-0.1, -0.05) is 43.3 Å². The smallest absolute Gasteiger partial charge is 0.0858 e. The van der Waals surface area contributed by atoms with E-state index in [-0.39, 0.29) is 12.0 Å². The second-order valence-corrected chi connectivity index (χ2v) is 4.09. The van der Waals surface area contributed by atoms with Gasteiger partial charge in [0.15, 0.2) is 0 Å². The maximum absolute atomic E-state index is 9.87. The Balaban J connectivity index is 2.40. The molecule has 0 saturated heterocycles. The van der Waals surface area contributed by atoms with Crippen molar-refractivity contribution in [2.75, 3.05) is 0 Å². The van der Waals surface area contributed by atoms with Crippen molar-refractivity contribution in [2.24, 2.45) is 5.92 Å². The van der Waals surface area contributed by atoms with E-state index in [0.717, 1.165) is 5.56 Å². The lowest BCUT2D eigenvalue weighted by molar-refractivity contribution is -0.0487. The third-order valence-corrected chi connectivity index (χ3v) is 2.75. The summed E-state index contributed by atoms with van der Waals surface area (Å²) < 4.78 is 5.62. The van der Waals surface area contributed by atoms with E-state index in [1.165, 1.54) is 0 Å². The van der Waals surface area contributed by atoms with Gasteiger partial charge in [0.05, 0.1) is 18.8 Å². The highest BCUT2D eigenvalue weighted by Gasteiger charge is 2.19. The molecule has 1 rings (SSSR count). The van der Waals surface area contributed by atoms with Crippen LogP contribution >= 0.6 is 0 Å². The third kappa shape index (κ3) is 3.80. The SMILES string of the molecule is C=C[C@@H](C)[C@@H](O)[C@@H](C)OCc1ccccc1. The predicted octanol–water partition coefficient (Wildman–Crippen LogP) is 2.77. The summed E-state index contributed by atoms with van der Waals surface area (Å²) in [7, 11) is 0. The molecule has 0 heterocycles. The predicted molar refractivity (Wildman–Crippen MR) is 66.1 cm³/mol. The molecule has 0 spiro atoms. The number of aliphatic hydroxyl groups excluding tert-OH is 1. The zero-order chi connectivity index (χ0) is 12.0. The van der Waals surface area contributed by atoms with E-state index in [4.69, 9.17) is 4.74 Å². The van der Waals surface area contributed by atoms with Crippen molar-refractivity contribution in [2.45, 2.75) is 32.7 Å². The van der Waals surface area contributed by atoms with Gasteiger partial charge in [-0.2, -0.15) is 0 Å². The Bertz CT molecular complexity index is 308. The molecule has 88 valence electrons. The summed E-state index contributed by atoms with van der Waals surface area (Å²) in [5, 5.41) is 9.87. The number of benzene rings is 1. The van der Waals surface area contributed by atoms with Crippen molar-refractivity contribution >= 4 is 0 Å². The molecule has 0 aliphatic carbocycles. The summed E-state index contributed by atoms with van der Waals surface area (Å²) in [5.74, 6) is 0.0470. The summed E-state index contributed by atoms with van der Waals surface area (Å²) >= 11 is 0. The van der Waals surface area contributed by atoms with Crippen LogP contribution < -0.4 is 0 Å². The van der Waals surface area contributed by atoms with Crippen LogP contribution in [0.15, 0.2) is 43.0 Å². The van der Waals surface area contributed by atoms with Crippen molar-refractivity contribution < 1.29 is 9.84 Å². The largest absolute Gasteiger partial charge is 0.390 e. The summed E-state index contributed by atoms with van der Waals surface area (Å²) in [6, 6.07) is 9.95. The lowest BCUT2D eigenvalue weighted by atomic mass is 10.0. The fourth-order valence-corrected chi connectivity index (χ4v) is 1.47. The average molecular weight is 220 g/mol. The fourth-order valence-electron chi connectivity index (χ4n) is 1.47.